The second-order valence-electron chi connectivity index (χ2n) is 8.44. The van der Waals surface area contributed by atoms with E-state index in [0.29, 0.717) is 27.8 Å². The van der Waals surface area contributed by atoms with Gasteiger partial charge in [0.25, 0.3) is 5.91 Å². The number of carbonyl (C=O) groups is 1. The number of nitrogens with one attached hydrogen (secondary N) is 2. The van der Waals surface area contributed by atoms with Crippen LogP contribution in [0.2, 0.25) is 5.02 Å². The Hall–Kier alpha value is -1.93. The van der Waals surface area contributed by atoms with Gasteiger partial charge in [-0.3, -0.25) is 4.79 Å². The number of nitrogens with zero attached hydrogens (tertiary/aromatic N) is 1. The number of aryl methyl sites for hydroxylation is 2. The number of hydrogen-bond acceptors (Lipinski definition) is 4. The molecule has 1 fully saturated rings. The van der Waals surface area contributed by atoms with Crippen molar-refractivity contribution in [3.8, 4) is 0 Å². The third kappa shape index (κ3) is 5.86. The predicted octanol–water partition coefficient (Wildman–Crippen LogP) is 4.22. The van der Waals surface area contributed by atoms with Crippen molar-refractivity contribution in [2.45, 2.75) is 44.6 Å². The third-order valence-corrected chi connectivity index (χ3v) is 7.79. The highest BCUT2D eigenvalue weighted by atomic mass is 35.5. The van der Waals surface area contributed by atoms with E-state index >= 15 is 0 Å². The van der Waals surface area contributed by atoms with Crippen LogP contribution in [0.1, 0.15) is 41.3 Å². The Kier molecular flexibility index (Phi) is 7.42. The molecule has 1 amide bonds. The van der Waals surface area contributed by atoms with Gasteiger partial charge in [-0.1, -0.05) is 11.6 Å². The number of anilines is 1. The summed E-state index contributed by atoms with van der Waals surface area (Å²) in [5.74, 6) is 0.0649. The van der Waals surface area contributed by atoms with Gasteiger partial charge < -0.3 is 10.2 Å². The maximum Gasteiger partial charge on any atom is 0.255 e. The average molecular weight is 464 g/mol. The Morgan fingerprint density at radius 3 is 2.39 bits per heavy atom. The second kappa shape index (κ2) is 9.69. The van der Waals surface area contributed by atoms with Crippen molar-refractivity contribution in [2.75, 3.05) is 25.5 Å². The first-order valence-corrected chi connectivity index (χ1v) is 12.3. The maximum atomic E-state index is 12.9. The summed E-state index contributed by atoms with van der Waals surface area (Å²) < 4.78 is 28.7. The molecule has 6 nitrogen and oxygen atoms in total. The molecule has 1 saturated heterocycles. The molecule has 0 aromatic heterocycles. The molecule has 1 aliphatic heterocycles. The van der Waals surface area contributed by atoms with E-state index in [9.17, 15) is 13.2 Å². The molecule has 2 aromatic rings. The lowest BCUT2D eigenvalue weighted by molar-refractivity contribution is 0.102. The van der Waals surface area contributed by atoms with Gasteiger partial charge in [0.05, 0.1) is 4.90 Å². The molecular weight excluding hydrogens is 434 g/mol. The van der Waals surface area contributed by atoms with Crippen LogP contribution in [0.25, 0.3) is 0 Å². The first-order chi connectivity index (χ1) is 14.6. The summed E-state index contributed by atoms with van der Waals surface area (Å²) in [6, 6.07) is 9.70. The molecule has 0 spiro atoms. The summed E-state index contributed by atoms with van der Waals surface area (Å²) in [6.45, 7) is 7.50. The monoisotopic (exact) mass is 463 g/mol. The van der Waals surface area contributed by atoms with Crippen LogP contribution in [0.3, 0.4) is 0 Å². The summed E-state index contributed by atoms with van der Waals surface area (Å²) in [5, 5.41) is 3.43. The summed E-state index contributed by atoms with van der Waals surface area (Å²) in [5.41, 5.74) is 2.54. The predicted molar refractivity (Wildman–Crippen MR) is 125 cm³/mol. The highest BCUT2D eigenvalue weighted by molar-refractivity contribution is 7.89. The average Bonchev–Trinajstić information content (AvgIpc) is 2.69. The summed E-state index contributed by atoms with van der Waals surface area (Å²) in [7, 11) is -1.56. The first kappa shape index (κ1) is 23.7. The topological polar surface area (TPSA) is 78.5 Å². The van der Waals surface area contributed by atoms with Crippen molar-refractivity contribution in [3.63, 3.8) is 0 Å². The Bertz CT molecular complexity index is 1060. The number of hydrogen-bond donors (Lipinski definition) is 2. The van der Waals surface area contributed by atoms with E-state index in [-0.39, 0.29) is 16.8 Å². The van der Waals surface area contributed by atoms with Crippen LogP contribution in [-0.2, 0) is 10.0 Å². The van der Waals surface area contributed by atoms with Gasteiger partial charge in [0.2, 0.25) is 10.0 Å². The van der Waals surface area contributed by atoms with E-state index in [1.54, 1.807) is 37.3 Å². The van der Waals surface area contributed by atoms with Crippen molar-refractivity contribution in [2.24, 2.45) is 5.92 Å². The highest BCUT2D eigenvalue weighted by Crippen LogP contribution is 2.24. The molecule has 0 aliphatic carbocycles. The smallest absolute Gasteiger partial charge is 0.255 e. The minimum Gasteiger partial charge on any atom is -0.322 e. The Morgan fingerprint density at radius 2 is 1.77 bits per heavy atom. The zero-order valence-electron chi connectivity index (χ0n) is 18.4. The van der Waals surface area contributed by atoms with Crippen LogP contribution in [-0.4, -0.2) is 45.4 Å². The van der Waals surface area contributed by atoms with Gasteiger partial charge in [-0.15, -0.1) is 0 Å². The minimum absolute atomic E-state index is 0.133. The van der Waals surface area contributed by atoms with Crippen LogP contribution in [0.15, 0.2) is 41.3 Å². The van der Waals surface area contributed by atoms with Gasteiger partial charge in [-0.05, 0) is 107 Å². The van der Waals surface area contributed by atoms with Crippen molar-refractivity contribution < 1.29 is 13.2 Å². The fraction of sp³-hybridized carbons (Fsp3) is 0.435. The van der Waals surface area contributed by atoms with Crippen molar-refractivity contribution in [1.82, 2.24) is 9.62 Å². The van der Waals surface area contributed by atoms with E-state index < -0.39 is 10.0 Å². The molecule has 168 valence electrons. The van der Waals surface area contributed by atoms with Crippen LogP contribution >= 0.6 is 11.6 Å². The number of carbonyl (C=O) groups excluding carboxylic acids is 1. The highest BCUT2D eigenvalue weighted by Gasteiger charge is 2.26. The molecule has 1 aliphatic rings. The fourth-order valence-corrected chi connectivity index (χ4v) is 5.58. The molecule has 0 saturated carbocycles. The van der Waals surface area contributed by atoms with Gasteiger partial charge in [-0.2, -0.15) is 0 Å². The molecule has 2 N–H and O–H groups in total. The number of amides is 1. The zero-order valence-corrected chi connectivity index (χ0v) is 20.0. The normalized spacial score (nSPS) is 16.8. The molecule has 1 atom stereocenters. The molecule has 31 heavy (non-hydrogen) atoms. The van der Waals surface area contributed by atoms with Crippen molar-refractivity contribution in [3.05, 3.63) is 58.1 Å². The Labute approximate surface area is 190 Å². The van der Waals surface area contributed by atoms with Gasteiger partial charge in [0, 0.05) is 22.3 Å². The molecular formula is C23H30ClN3O3S. The van der Waals surface area contributed by atoms with Gasteiger partial charge >= 0.3 is 0 Å². The lowest BCUT2D eigenvalue weighted by atomic mass is 9.91. The van der Waals surface area contributed by atoms with Gasteiger partial charge in [0.1, 0.15) is 0 Å². The molecule has 0 bridgehead atoms. The molecule has 1 unspecified atom stereocenters. The Morgan fingerprint density at radius 1 is 1.10 bits per heavy atom. The fourth-order valence-electron chi connectivity index (χ4n) is 3.95. The second-order valence-corrected chi connectivity index (χ2v) is 10.6. The number of rotatable bonds is 6. The maximum absolute atomic E-state index is 12.9. The lowest BCUT2D eigenvalue weighted by Gasteiger charge is -2.32. The molecule has 0 radical (unpaired) electrons. The number of likely N-dealkylation sites (tertiary alicyclic amines) is 1. The van der Waals surface area contributed by atoms with Gasteiger partial charge in [0.15, 0.2) is 0 Å². The van der Waals surface area contributed by atoms with Gasteiger partial charge in [-0.25, -0.2) is 13.1 Å². The van der Waals surface area contributed by atoms with E-state index in [1.165, 1.54) is 6.07 Å². The van der Waals surface area contributed by atoms with Crippen LogP contribution in [0, 0.1) is 19.8 Å². The van der Waals surface area contributed by atoms with Crippen molar-refractivity contribution in [1.29, 1.82) is 0 Å². The molecule has 8 heteroatoms. The quantitative estimate of drug-likeness (QED) is 0.672. The van der Waals surface area contributed by atoms with E-state index in [4.69, 9.17) is 11.6 Å². The largest absolute Gasteiger partial charge is 0.322 e. The van der Waals surface area contributed by atoms with E-state index in [1.807, 2.05) is 13.8 Å². The number of piperidine rings is 1. The van der Waals surface area contributed by atoms with E-state index in [0.717, 1.165) is 31.5 Å². The number of sulfonamides is 1. The van der Waals surface area contributed by atoms with Crippen LogP contribution < -0.4 is 10.0 Å². The summed E-state index contributed by atoms with van der Waals surface area (Å²) >= 11 is 5.96. The summed E-state index contributed by atoms with van der Waals surface area (Å²) in [4.78, 5) is 15.1. The Balaban J connectivity index is 1.71. The lowest BCUT2D eigenvalue weighted by Crippen LogP contribution is -2.42. The summed E-state index contributed by atoms with van der Waals surface area (Å²) in [6.07, 6.45) is 1.96. The number of benzene rings is 2. The SMILES string of the molecule is Cc1cc(S(=O)(=O)NC(C)C2CCN(C)CC2)ccc1NC(=O)c1ccc(Cl)cc1C. The third-order valence-electron chi connectivity index (χ3n) is 6.00. The van der Waals surface area contributed by atoms with Crippen molar-refractivity contribution >= 4 is 33.2 Å². The molecule has 3 rings (SSSR count). The van der Waals surface area contributed by atoms with E-state index in [2.05, 4.69) is 22.0 Å². The molecule has 2 aromatic carbocycles. The minimum atomic E-state index is -3.64. The van der Waals surface area contributed by atoms with Crippen LogP contribution in [0.5, 0.6) is 0 Å². The number of halogens is 1. The molecule has 1 heterocycles. The standard InChI is InChI=1S/C23H30ClN3O3S/c1-15-13-19(24)5-7-21(15)23(28)25-22-8-6-20(14-16(22)2)31(29,30)26-17(3)18-9-11-27(4)12-10-18/h5-8,13-14,17-18,26H,9-12H2,1-4H3,(H,25,28). The zero-order chi connectivity index (χ0) is 22.8. The first-order valence-electron chi connectivity index (χ1n) is 10.5. The van der Waals surface area contributed by atoms with Crippen LogP contribution in [0.4, 0.5) is 5.69 Å².